The van der Waals surface area contributed by atoms with Gasteiger partial charge in [-0.3, -0.25) is 9.59 Å². The van der Waals surface area contributed by atoms with Gasteiger partial charge in [0.15, 0.2) is 0 Å². The lowest BCUT2D eigenvalue weighted by Crippen LogP contribution is -2.36. The zero-order valence-corrected chi connectivity index (χ0v) is 16.4. The van der Waals surface area contributed by atoms with Crippen molar-refractivity contribution >= 4 is 17.5 Å². The number of amides is 2. The number of likely N-dealkylation sites (tertiary alicyclic amines) is 1. The summed E-state index contributed by atoms with van der Waals surface area (Å²) in [5.74, 6) is 0.500. The molecule has 5 heteroatoms. The third kappa shape index (κ3) is 5.12. The topological polar surface area (TPSA) is 58.6 Å². The first-order valence-electron chi connectivity index (χ1n) is 10.1. The highest BCUT2D eigenvalue weighted by atomic mass is 16.5. The molecule has 2 amide bonds. The molecule has 0 unspecified atom stereocenters. The SMILES string of the molecule is CCCCOc1ccc(C(=O)Nc2ccccc2C(=O)N2CCCCC2)cc1. The quantitative estimate of drug-likeness (QED) is 0.706. The van der Waals surface area contributed by atoms with Gasteiger partial charge in [-0.15, -0.1) is 0 Å². The van der Waals surface area contributed by atoms with E-state index < -0.39 is 0 Å². The van der Waals surface area contributed by atoms with Crippen LogP contribution in [-0.4, -0.2) is 36.4 Å². The lowest BCUT2D eigenvalue weighted by molar-refractivity contribution is 0.0725. The van der Waals surface area contributed by atoms with Gasteiger partial charge in [0.2, 0.25) is 0 Å². The second-order valence-corrected chi connectivity index (χ2v) is 7.08. The van der Waals surface area contributed by atoms with Gasteiger partial charge in [-0.25, -0.2) is 0 Å². The third-order valence-corrected chi connectivity index (χ3v) is 4.93. The Bertz CT molecular complexity index is 796. The predicted octanol–water partition coefficient (Wildman–Crippen LogP) is 4.74. The minimum absolute atomic E-state index is 0.0183. The van der Waals surface area contributed by atoms with Crippen LogP contribution in [-0.2, 0) is 0 Å². The molecule has 1 N–H and O–H groups in total. The number of ether oxygens (including phenoxy) is 1. The molecule has 148 valence electrons. The maximum absolute atomic E-state index is 12.9. The molecule has 0 radical (unpaired) electrons. The number of rotatable bonds is 7. The van der Waals surface area contributed by atoms with E-state index in [1.54, 1.807) is 36.4 Å². The summed E-state index contributed by atoms with van der Waals surface area (Å²) in [6, 6.07) is 14.3. The number of nitrogens with zero attached hydrogens (tertiary/aromatic N) is 1. The number of unbranched alkanes of at least 4 members (excludes halogenated alkanes) is 1. The Balaban J connectivity index is 1.68. The summed E-state index contributed by atoms with van der Waals surface area (Å²) in [4.78, 5) is 27.4. The molecule has 28 heavy (non-hydrogen) atoms. The number of anilines is 1. The monoisotopic (exact) mass is 380 g/mol. The highest BCUT2D eigenvalue weighted by molar-refractivity contribution is 6.09. The maximum Gasteiger partial charge on any atom is 0.255 e. The van der Waals surface area contributed by atoms with Crippen molar-refractivity contribution in [3.63, 3.8) is 0 Å². The molecule has 3 rings (SSSR count). The minimum atomic E-state index is -0.237. The largest absolute Gasteiger partial charge is 0.494 e. The Labute approximate surface area is 166 Å². The van der Waals surface area contributed by atoms with Crippen LogP contribution in [0.15, 0.2) is 48.5 Å². The fourth-order valence-corrected chi connectivity index (χ4v) is 3.28. The van der Waals surface area contributed by atoms with Crippen molar-refractivity contribution in [3.8, 4) is 5.75 Å². The summed E-state index contributed by atoms with van der Waals surface area (Å²) in [6.45, 7) is 4.35. The van der Waals surface area contributed by atoms with Crippen molar-refractivity contribution in [1.29, 1.82) is 0 Å². The highest BCUT2D eigenvalue weighted by Crippen LogP contribution is 2.21. The number of carbonyl (C=O) groups is 2. The van der Waals surface area contributed by atoms with Crippen molar-refractivity contribution in [1.82, 2.24) is 4.90 Å². The van der Waals surface area contributed by atoms with Gasteiger partial charge in [0.25, 0.3) is 11.8 Å². The molecule has 2 aromatic rings. The normalized spacial score (nSPS) is 13.8. The van der Waals surface area contributed by atoms with E-state index in [1.807, 2.05) is 17.0 Å². The van der Waals surface area contributed by atoms with Crippen LogP contribution in [0.5, 0.6) is 5.75 Å². The van der Waals surface area contributed by atoms with E-state index in [9.17, 15) is 9.59 Å². The second-order valence-electron chi connectivity index (χ2n) is 7.08. The minimum Gasteiger partial charge on any atom is -0.494 e. The lowest BCUT2D eigenvalue weighted by atomic mass is 10.1. The Morgan fingerprint density at radius 2 is 1.71 bits per heavy atom. The van der Waals surface area contributed by atoms with Gasteiger partial charge in [-0.1, -0.05) is 25.5 Å². The molecule has 1 heterocycles. The maximum atomic E-state index is 12.9. The van der Waals surface area contributed by atoms with Crippen molar-refractivity contribution < 1.29 is 14.3 Å². The van der Waals surface area contributed by atoms with Crippen LogP contribution in [0.4, 0.5) is 5.69 Å². The van der Waals surface area contributed by atoms with E-state index in [2.05, 4.69) is 12.2 Å². The van der Waals surface area contributed by atoms with Gasteiger partial charge in [-0.05, 0) is 62.1 Å². The molecule has 1 fully saturated rings. The molecule has 0 atom stereocenters. The second kappa shape index (κ2) is 9.93. The van der Waals surface area contributed by atoms with Gasteiger partial charge < -0.3 is 15.0 Å². The number of para-hydroxylation sites is 1. The molecular formula is C23H28N2O3. The molecule has 0 aromatic heterocycles. The van der Waals surface area contributed by atoms with Crippen LogP contribution in [0, 0.1) is 0 Å². The molecule has 0 spiro atoms. The summed E-state index contributed by atoms with van der Waals surface area (Å²) in [7, 11) is 0. The van der Waals surface area contributed by atoms with Crippen LogP contribution < -0.4 is 10.1 Å². The van der Waals surface area contributed by atoms with Crippen molar-refractivity contribution in [2.24, 2.45) is 0 Å². The molecule has 0 saturated carbocycles. The number of hydrogen-bond acceptors (Lipinski definition) is 3. The van der Waals surface area contributed by atoms with Crippen LogP contribution >= 0.6 is 0 Å². The first-order valence-corrected chi connectivity index (χ1v) is 10.1. The van der Waals surface area contributed by atoms with Gasteiger partial charge in [-0.2, -0.15) is 0 Å². The Hall–Kier alpha value is -2.82. The van der Waals surface area contributed by atoms with Gasteiger partial charge in [0, 0.05) is 18.7 Å². The predicted molar refractivity (Wildman–Crippen MR) is 111 cm³/mol. The summed E-state index contributed by atoms with van der Waals surface area (Å²) >= 11 is 0. The number of nitrogens with one attached hydrogen (secondary N) is 1. The van der Waals surface area contributed by atoms with E-state index >= 15 is 0 Å². The molecule has 0 aliphatic carbocycles. The highest BCUT2D eigenvalue weighted by Gasteiger charge is 2.21. The number of hydrogen-bond donors (Lipinski definition) is 1. The van der Waals surface area contributed by atoms with E-state index in [0.29, 0.717) is 23.4 Å². The zero-order chi connectivity index (χ0) is 19.8. The first kappa shape index (κ1) is 19.9. The van der Waals surface area contributed by atoms with Crippen molar-refractivity contribution in [3.05, 3.63) is 59.7 Å². The Morgan fingerprint density at radius 3 is 2.43 bits per heavy atom. The molecule has 1 saturated heterocycles. The standard InChI is InChI=1S/C23H28N2O3/c1-2-3-17-28-19-13-11-18(12-14-19)22(26)24-21-10-6-5-9-20(21)23(27)25-15-7-4-8-16-25/h5-6,9-14H,2-4,7-8,15-17H2,1H3,(H,24,26). The summed E-state index contributed by atoms with van der Waals surface area (Å²) in [6.07, 6.45) is 5.32. The molecule has 5 nitrogen and oxygen atoms in total. The van der Waals surface area contributed by atoms with Gasteiger partial charge >= 0.3 is 0 Å². The van der Waals surface area contributed by atoms with Crippen LogP contribution in [0.25, 0.3) is 0 Å². The molecule has 1 aliphatic rings. The van der Waals surface area contributed by atoms with E-state index in [4.69, 9.17) is 4.74 Å². The smallest absolute Gasteiger partial charge is 0.255 e. The third-order valence-electron chi connectivity index (χ3n) is 4.93. The zero-order valence-electron chi connectivity index (χ0n) is 16.4. The first-order chi connectivity index (χ1) is 13.7. The average Bonchev–Trinajstić information content (AvgIpc) is 2.75. The van der Waals surface area contributed by atoms with Crippen molar-refractivity contribution in [2.75, 3.05) is 25.0 Å². The fraction of sp³-hybridized carbons (Fsp3) is 0.391. The van der Waals surface area contributed by atoms with Crippen molar-refractivity contribution in [2.45, 2.75) is 39.0 Å². The average molecular weight is 380 g/mol. The Kier molecular flexibility index (Phi) is 7.06. The van der Waals surface area contributed by atoms with Gasteiger partial charge in [0.05, 0.1) is 17.9 Å². The molecule has 1 aliphatic heterocycles. The molecular weight excluding hydrogens is 352 g/mol. The number of benzene rings is 2. The van der Waals surface area contributed by atoms with Gasteiger partial charge in [0.1, 0.15) is 5.75 Å². The van der Waals surface area contributed by atoms with Crippen LogP contribution in [0.1, 0.15) is 59.7 Å². The van der Waals surface area contributed by atoms with E-state index in [1.165, 1.54) is 6.42 Å². The molecule has 0 bridgehead atoms. The van der Waals surface area contributed by atoms with E-state index in [0.717, 1.165) is 44.5 Å². The fourth-order valence-electron chi connectivity index (χ4n) is 3.28. The number of carbonyl (C=O) groups excluding carboxylic acids is 2. The molecule has 2 aromatic carbocycles. The Morgan fingerprint density at radius 1 is 1.00 bits per heavy atom. The number of piperidine rings is 1. The lowest BCUT2D eigenvalue weighted by Gasteiger charge is -2.27. The van der Waals surface area contributed by atoms with Crippen LogP contribution in [0.3, 0.4) is 0 Å². The van der Waals surface area contributed by atoms with Crippen LogP contribution in [0.2, 0.25) is 0 Å². The summed E-state index contributed by atoms with van der Waals surface area (Å²) in [5, 5.41) is 2.89. The van der Waals surface area contributed by atoms with E-state index in [-0.39, 0.29) is 11.8 Å². The summed E-state index contributed by atoms with van der Waals surface area (Å²) in [5.41, 5.74) is 1.62. The summed E-state index contributed by atoms with van der Waals surface area (Å²) < 4.78 is 5.64.